The molecule has 2 heterocycles. The summed E-state index contributed by atoms with van der Waals surface area (Å²) in [6.45, 7) is 3.30. The topological polar surface area (TPSA) is 69.7 Å². The number of piperidine rings is 1. The second-order valence-corrected chi connectivity index (χ2v) is 10.3. The van der Waals surface area contributed by atoms with E-state index in [0.29, 0.717) is 18.7 Å². The molecule has 2 aromatic rings. The second-order valence-electron chi connectivity index (χ2n) is 8.39. The first-order valence-electron chi connectivity index (χ1n) is 11.3. The molecule has 0 spiro atoms. The van der Waals surface area contributed by atoms with Gasteiger partial charge in [-0.2, -0.15) is 4.31 Å². The molecule has 31 heavy (non-hydrogen) atoms. The summed E-state index contributed by atoms with van der Waals surface area (Å²) in [5.74, 6) is -0.246. The van der Waals surface area contributed by atoms with Gasteiger partial charge in [-0.25, -0.2) is 8.42 Å². The summed E-state index contributed by atoms with van der Waals surface area (Å²) in [6, 6.07) is 14.2. The number of carbonyl (C=O) groups excluding carboxylic acids is 1. The van der Waals surface area contributed by atoms with Gasteiger partial charge in [0.05, 0.1) is 4.90 Å². The summed E-state index contributed by atoms with van der Waals surface area (Å²) in [5, 5.41) is 2.90. The highest BCUT2D eigenvalue weighted by Gasteiger charge is 2.26. The molecule has 2 aliphatic heterocycles. The van der Waals surface area contributed by atoms with Crippen LogP contribution in [0.5, 0.6) is 0 Å². The van der Waals surface area contributed by atoms with E-state index in [1.807, 2.05) is 12.1 Å². The zero-order valence-electron chi connectivity index (χ0n) is 17.9. The van der Waals surface area contributed by atoms with Gasteiger partial charge in [0.2, 0.25) is 10.0 Å². The Morgan fingerprint density at radius 3 is 1.87 bits per heavy atom. The fraction of sp³-hybridized carbons (Fsp3) is 0.458. The molecular weight excluding hydrogens is 410 g/mol. The van der Waals surface area contributed by atoms with Crippen molar-refractivity contribution in [1.82, 2.24) is 4.31 Å². The fourth-order valence-corrected chi connectivity index (χ4v) is 5.84. The molecule has 2 aliphatic rings. The lowest BCUT2D eigenvalue weighted by atomic mass is 10.2. The number of nitrogens with zero attached hydrogens (tertiary/aromatic N) is 2. The van der Waals surface area contributed by atoms with E-state index < -0.39 is 10.0 Å². The van der Waals surface area contributed by atoms with Gasteiger partial charge in [-0.3, -0.25) is 4.79 Å². The van der Waals surface area contributed by atoms with Gasteiger partial charge in [0.25, 0.3) is 5.91 Å². The maximum atomic E-state index is 12.8. The zero-order valence-corrected chi connectivity index (χ0v) is 18.7. The van der Waals surface area contributed by atoms with Crippen LogP contribution >= 0.6 is 0 Å². The summed E-state index contributed by atoms with van der Waals surface area (Å²) in [5.41, 5.74) is 2.36. The van der Waals surface area contributed by atoms with E-state index in [9.17, 15) is 13.2 Å². The van der Waals surface area contributed by atoms with Gasteiger partial charge in [0.15, 0.2) is 0 Å². The SMILES string of the molecule is O=C(Nc1ccc(N2CCCCCC2)cc1)c1ccc(S(=O)(=O)N2CCCCC2)cc1. The van der Waals surface area contributed by atoms with Gasteiger partial charge >= 0.3 is 0 Å². The summed E-state index contributed by atoms with van der Waals surface area (Å²) in [4.78, 5) is 15.3. The van der Waals surface area contributed by atoms with Crippen molar-refractivity contribution in [2.24, 2.45) is 0 Å². The first kappa shape index (κ1) is 21.8. The van der Waals surface area contributed by atoms with Crippen molar-refractivity contribution in [2.45, 2.75) is 49.8 Å². The quantitative estimate of drug-likeness (QED) is 0.742. The molecule has 2 saturated heterocycles. The van der Waals surface area contributed by atoms with Crippen LogP contribution in [0.2, 0.25) is 0 Å². The van der Waals surface area contributed by atoms with Crippen LogP contribution in [0.15, 0.2) is 53.4 Å². The maximum absolute atomic E-state index is 12.8. The normalized spacial score (nSPS) is 18.4. The Balaban J connectivity index is 1.39. The Kier molecular flexibility index (Phi) is 6.92. The zero-order chi connectivity index (χ0) is 21.7. The molecule has 6 nitrogen and oxygen atoms in total. The van der Waals surface area contributed by atoms with E-state index >= 15 is 0 Å². The molecule has 2 fully saturated rings. The average Bonchev–Trinajstić information content (AvgIpc) is 3.10. The molecule has 7 heteroatoms. The third kappa shape index (κ3) is 5.28. The van der Waals surface area contributed by atoms with Crippen LogP contribution in [0.3, 0.4) is 0 Å². The lowest BCUT2D eigenvalue weighted by Crippen LogP contribution is -2.35. The van der Waals surface area contributed by atoms with Crippen LogP contribution in [-0.2, 0) is 10.0 Å². The number of nitrogens with one attached hydrogen (secondary N) is 1. The van der Waals surface area contributed by atoms with Crippen molar-refractivity contribution in [2.75, 3.05) is 36.4 Å². The van der Waals surface area contributed by atoms with E-state index in [4.69, 9.17) is 0 Å². The molecule has 0 aliphatic carbocycles. The fourth-order valence-electron chi connectivity index (χ4n) is 4.32. The van der Waals surface area contributed by atoms with Gasteiger partial charge < -0.3 is 10.2 Å². The Labute approximate surface area is 185 Å². The predicted octanol–water partition coefficient (Wildman–Crippen LogP) is 4.49. The summed E-state index contributed by atoms with van der Waals surface area (Å²) < 4.78 is 27.1. The minimum absolute atomic E-state index is 0.243. The lowest BCUT2D eigenvalue weighted by molar-refractivity contribution is 0.102. The number of amides is 1. The first-order chi connectivity index (χ1) is 15.0. The summed E-state index contributed by atoms with van der Waals surface area (Å²) in [6.07, 6.45) is 7.91. The Bertz CT molecular complexity index is 974. The van der Waals surface area contributed by atoms with Gasteiger partial charge in [-0.1, -0.05) is 19.3 Å². The van der Waals surface area contributed by atoms with E-state index in [1.54, 1.807) is 12.1 Å². The molecule has 2 aromatic carbocycles. The number of anilines is 2. The van der Waals surface area contributed by atoms with Crippen molar-refractivity contribution in [3.8, 4) is 0 Å². The minimum Gasteiger partial charge on any atom is -0.372 e. The highest BCUT2D eigenvalue weighted by molar-refractivity contribution is 7.89. The number of rotatable bonds is 5. The number of hydrogen-bond acceptors (Lipinski definition) is 4. The van der Waals surface area contributed by atoms with Crippen LogP contribution in [0.25, 0.3) is 0 Å². The molecule has 1 N–H and O–H groups in total. The second kappa shape index (κ2) is 9.83. The van der Waals surface area contributed by atoms with E-state index in [2.05, 4.69) is 22.3 Å². The molecule has 166 valence electrons. The van der Waals surface area contributed by atoms with Gasteiger partial charge in [-0.15, -0.1) is 0 Å². The molecule has 0 aromatic heterocycles. The van der Waals surface area contributed by atoms with Crippen LogP contribution < -0.4 is 10.2 Å². The number of carbonyl (C=O) groups is 1. The summed E-state index contributed by atoms with van der Waals surface area (Å²) >= 11 is 0. The number of hydrogen-bond donors (Lipinski definition) is 1. The van der Waals surface area contributed by atoms with Crippen molar-refractivity contribution in [3.63, 3.8) is 0 Å². The smallest absolute Gasteiger partial charge is 0.255 e. The number of sulfonamides is 1. The van der Waals surface area contributed by atoms with Gasteiger partial charge in [0.1, 0.15) is 0 Å². The monoisotopic (exact) mass is 441 g/mol. The standard InChI is InChI=1S/C24H31N3O3S/c28-24(25-21-10-12-22(13-11-21)26-16-4-1-2-5-17-26)20-8-14-23(15-9-20)31(29,30)27-18-6-3-7-19-27/h8-15H,1-7,16-19H2,(H,25,28). The molecule has 0 saturated carbocycles. The molecule has 0 unspecified atom stereocenters. The lowest BCUT2D eigenvalue weighted by Gasteiger charge is -2.25. The molecule has 1 amide bonds. The maximum Gasteiger partial charge on any atom is 0.255 e. The molecule has 0 bridgehead atoms. The van der Waals surface area contributed by atoms with Crippen LogP contribution in [-0.4, -0.2) is 44.8 Å². The van der Waals surface area contributed by atoms with Crippen molar-refractivity contribution in [1.29, 1.82) is 0 Å². The van der Waals surface area contributed by atoms with Crippen LogP contribution in [0.4, 0.5) is 11.4 Å². The van der Waals surface area contributed by atoms with Gasteiger partial charge in [-0.05, 0) is 74.2 Å². The van der Waals surface area contributed by atoms with Crippen LogP contribution in [0, 0.1) is 0 Å². The third-order valence-corrected chi connectivity index (χ3v) is 8.08. The summed E-state index contributed by atoms with van der Waals surface area (Å²) in [7, 11) is -3.48. The highest BCUT2D eigenvalue weighted by atomic mass is 32.2. The molecule has 0 radical (unpaired) electrons. The van der Waals surface area contributed by atoms with E-state index in [-0.39, 0.29) is 10.8 Å². The largest absolute Gasteiger partial charge is 0.372 e. The molecular formula is C24H31N3O3S. The Hall–Kier alpha value is -2.38. The predicted molar refractivity (Wildman–Crippen MR) is 124 cm³/mol. The highest BCUT2D eigenvalue weighted by Crippen LogP contribution is 2.23. The van der Waals surface area contributed by atoms with Crippen molar-refractivity contribution < 1.29 is 13.2 Å². The average molecular weight is 442 g/mol. The van der Waals surface area contributed by atoms with Gasteiger partial charge in [0, 0.05) is 43.1 Å². The van der Waals surface area contributed by atoms with Crippen molar-refractivity contribution in [3.05, 3.63) is 54.1 Å². The minimum atomic E-state index is -3.48. The van der Waals surface area contributed by atoms with Crippen LogP contribution in [0.1, 0.15) is 55.3 Å². The molecule has 0 atom stereocenters. The third-order valence-electron chi connectivity index (χ3n) is 6.17. The van der Waals surface area contributed by atoms with E-state index in [0.717, 1.165) is 38.0 Å². The molecule has 4 rings (SSSR count). The number of benzene rings is 2. The Morgan fingerprint density at radius 2 is 1.26 bits per heavy atom. The Morgan fingerprint density at radius 1 is 0.710 bits per heavy atom. The van der Waals surface area contributed by atoms with E-state index in [1.165, 1.54) is 47.8 Å². The first-order valence-corrected chi connectivity index (χ1v) is 12.7. The van der Waals surface area contributed by atoms with Crippen molar-refractivity contribution >= 4 is 27.3 Å².